The minimum atomic E-state index is -0.801. The van der Waals surface area contributed by atoms with E-state index < -0.39 is 24.6 Å². The van der Waals surface area contributed by atoms with Crippen molar-refractivity contribution in [3.8, 4) is 34.5 Å². The van der Waals surface area contributed by atoms with Gasteiger partial charge in [-0.05, 0) is 95.1 Å². The predicted octanol–water partition coefficient (Wildman–Crippen LogP) is 11.5. The third-order valence-corrected chi connectivity index (χ3v) is 9.33. The second kappa shape index (κ2) is 20.2. The zero-order valence-electron chi connectivity index (χ0n) is 33.9. The van der Waals surface area contributed by atoms with Gasteiger partial charge in [-0.1, -0.05) is 113 Å². The summed E-state index contributed by atoms with van der Waals surface area (Å²) in [5.74, 6) is 2.41. The van der Waals surface area contributed by atoms with Crippen LogP contribution < -0.4 is 28.4 Å². The fraction of sp³-hybridized carbons (Fsp3) is 0.167. The van der Waals surface area contributed by atoms with E-state index in [0.717, 1.165) is 22.3 Å². The van der Waals surface area contributed by atoms with Crippen LogP contribution in [0.5, 0.6) is 34.5 Å². The number of carbonyl (C=O) groups excluding carboxylic acids is 4. The summed E-state index contributed by atoms with van der Waals surface area (Å²) in [6.07, 6.45) is -3.12. The molecule has 60 heavy (non-hydrogen) atoms. The molecular weight excluding hydrogens is 769 g/mol. The van der Waals surface area contributed by atoms with Crippen molar-refractivity contribution in [2.45, 2.75) is 38.5 Å². The minimum absolute atomic E-state index is 0.298. The van der Waals surface area contributed by atoms with Gasteiger partial charge in [0.1, 0.15) is 34.5 Å². The van der Waals surface area contributed by atoms with Crippen LogP contribution in [0.1, 0.15) is 49.9 Å². The number of rotatable bonds is 10. The molecule has 0 amide bonds. The van der Waals surface area contributed by atoms with Crippen molar-refractivity contribution in [3.05, 3.63) is 180 Å². The van der Waals surface area contributed by atoms with E-state index in [4.69, 9.17) is 28.4 Å². The van der Waals surface area contributed by atoms with Crippen LogP contribution in [0.15, 0.2) is 158 Å². The van der Waals surface area contributed by atoms with Gasteiger partial charge < -0.3 is 37.9 Å². The lowest BCUT2D eigenvalue weighted by molar-refractivity contribution is 0.120. The first-order chi connectivity index (χ1) is 28.8. The smallest absolute Gasteiger partial charge is 0.437 e. The summed E-state index contributed by atoms with van der Waals surface area (Å²) in [4.78, 5) is 46.3. The van der Waals surface area contributed by atoms with Crippen molar-refractivity contribution in [2.75, 3.05) is 14.2 Å². The van der Waals surface area contributed by atoms with Crippen molar-refractivity contribution in [1.82, 2.24) is 0 Å². The van der Waals surface area contributed by atoms with Gasteiger partial charge in [0.25, 0.3) is 0 Å². The van der Waals surface area contributed by atoms with Crippen molar-refractivity contribution >= 4 is 24.6 Å². The molecule has 0 aromatic heterocycles. The van der Waals surface area contributed by atoms with Crippen LogP contribution in [-0.2, 0) is 20.3 Å². The molecule has 0 bridgehead atoms. The van der Waals surface area contributed by atoms with Gasteiger partial charge >= 0.3 is 24.6 Å². The summed E-state index contributed by atoms with van der Waals surface area (Å²) in [7, 11) is 2.51. The Morgan fingerprint density at radius 2 is 0.500 bits per heavy atom. The molecule has 0 unspecified atom stereocenters. The number of hydrogen-bond acceptors (Lipinski definition) is 12. The lowest BCUT2D eigenvalue weighted by Gasteiger charge is -2.26. The lowest BCUT2D eigenvalue weighted by Crippen LogP contribution is -2.19. The monoisotopic (exact) mass is 812 g/mol. The summed E-state index contributed by atoms with van der Waals surface area (Å²) < 4.78 is 39.7. The van der Waals surface area contributed by atoms with Crippen LogP contribution in [0, 0.1) is 0 Å². The van der Waals surface area contributed by atoms with E-state index in [1.165, 1.54) is 14.2 Å². The molecule has 0 radical (unpaired) electrons. The Hall–Kier alpha value is -7.60. The third-order valence-electron chi connectivity index (χ3n) is 9.33. The molecule has 0 N–H and O–H groups in total. The number of methoxy groups -OCH3 is 2. The first kappa shape index (κ1) is 43.5. The highest BCUT2D eigenvalue weighted by Gasteiger charge is 2.25. The highest BCUT2D eigenvalue weighted by atomic mass is 16.7. The average molecular weight is 813 g/mol. The van der Waals surface area contributed by atoms with Crippen LogP contribution in [0.4, 0.5) is 19.2 Å². The van der Waals surface area contributed by atoms with E-state index in [0.29, 0.717) is 34.5 Å². The van der Waals surface area contributed by atoms with Gasteiger partial charge in [0.2, 0.25) is 0 Å². The maximum atomic E-state index is 12.0. The lowest BCUT2D eigenvalue weighted by atomic mass is 9.78. The maximum absolute atomic E-state index is 12.0. The van der Waals surface area contributed by atoms with E-state index in [9.17, 15) is 19.2 Å². The Morgan fingerprint density at radius 1 is 0.300 bits per heavy atom. The molecule has 0 heterocycles. The number of carbonyl (C=O) groups is 4. The van der Waals surface area contributed by atoms with Gasteiger partial charge in [-0.3, -0.25) is 0 Å². The first-order valence-corrected chi connectivity index (χ1v) is 18.6. The summed E-state index contributed by atoms with van der Waals surface area (Å²) >= 11 is 0. The minimum Gasteiger partial charge on any atom is -0.437 e. The van der Waals surface area contributed by atoms with Crippen LogP contribution in [0.25, 0.3) is 0 Å². The molecule has 0 spiro atoms. The van der Waals surface area contributed by atoms with Crippen LogP contribution in [0.3, 0.4) is 0 Å². The second-order valence-corrected chi connectivity index (χ2v) is 14.0. The molecule has 0 saturated carbocycles. The maximum Gasteiger partial charge on any atom is 0.519 e. The number of benzene rings is 6. The predicted molar refractivity (Wildman–Crippen MR) is 222 cm³/mol. The summed E-state index contributed by atoms with van der Waals surface area (Å²) in [5, 5.41) is 0. The molecule has 308 valence electrons. The third kappa shape index (κ3) is 12.2. The zero-order valence-corrected chi connectivity index (χ0v) is 33.9. The van der Waals surface area contributed by atoms with Crippen LogP contribution in [-0.4, -0.2) is 38.8 Å². The summed E-state index contributed by atoms with van der Waals surface area (Å²) in [6.45, 7) is 8.29. The molecule has 0 fully saturated rings. The van der Waals surface area contributed by atoms with Crippen LogP contribution >= 0.6 is 0 Å². The van der Waals surface area contributed by atoms with E-state index in [-0.39, 0.29) is 10.8 Å². The van der Waals surface area contributed by atoms with Crippen LogP contribution in [0.2, 0.25) is 0 Å². The molecule has 12 nitrogen and oxygen atoms in total. The normalized spacial score (nSPS) is 10.8. The van der Waals surface area contributed by atoms with E-state index >= 15 is 0 Å². The summed E-state index contributed by atoms with van der Waals surface area (Å²) in [6, 6.07) is 46.3. The van der Waals surface area contributed by atoms with Gasteiger partial charge in [-0.25, -0.2) is 19.2 Å². The second-order valence-electron chi connectivity index (χ2n) is 14.0. The molecule has 0 atom stereocenters. The Balaban J connectivity index is 0.000000241. The highest BCUT2D eigenvalue weighted by molar-refractivity contribution is 5.68. The largest absolute Gasteiger partial charge is 0.519 e. The molecule has 6 aromatic rings. The quantitative estimate of drug-likeness (QED) is 0.0959. The fourth-order valence-corrected chi connectivity index (χ4v) is 5.77. The van der Waals surface area contributed by atoms with Gasteiger partial charge in [-0.2, -0.15) is 0 Å². The Morgan fingerprint density at radius 3 is 0.717 bits per heavy atom. The SMILES string of the molecule is CC(C)(c1ccc(OC(=O)Oc2ccccc2)cc1)c1ccc(OC(=O)Oc2ccccc2)cc1.COC(=O)Oc1ccc(C(C)(C)c2ccc(OC(=O)OC)cc2)cc1. The molecular formula is C48H44O12. The summed E-state index contributed by atoms with van der Waals surface area (Å²) in [5.41, 5.74) is 3.44. The topological polar surface area (TPSA) is 142 Å². The van der Waals surface area contributed by atoms with Crippen molar-refractivity contribution < 1.29 is 57.1 Å². The Bertz CT molecular complexity index is 2160. The molecule has 0 saturated heterocycles. The standard InChI is InChI=1S/C29H24O6.C19H20O6/c1-29(2,21-13-17-25(18-14-21)34-27(30)32-23-9-5-3-6-10-23)22-15-19-26(20-16-22)35-28(31)33-24-11-7-4-8-12-24;1-19(2,13-5-9-15(10-6-13)24-17(20)22-3)14-7-11-16(12-8-14)25-18(21)23-4/h3-20H,1-2H3;5-12H,1-4H3. The van der Waals surface area contributed by atoms with Crippen molar-refractivity contribution in [3.63, 3.8) is 0 Å². The molecule has 0 aliphatic heterocycles. The van der Waals surface area contributed by atoms with E-state index in [2.05, 4.69) is 37.2 Å². The molecule has 6 aromatic carbocycles. The highest BCUT2D eigenvalue weighted by Crippen LogP contribution is 2.35. The molecule has 0 aliphatic rings. The van der Waals surface area contributed by atoms with Crippen molar-refractivity contribution in [2.24, 2.45) is 0 Å². The fourth-order valence-electron chi connectivity index (χ4n) is 5.77. The number of hydrogen-bond donors (Lipinski definition) is 0. The van der Waals surface area contributed by atoms with E-state index in [1.807, 2.05) is 60.7 Å². The Kier molecular flexibility index (Phi) is 14.7. The van der Waals surface area contributed by atoms with Gasteiger partial charge in [0, 0.05) is 10.8 Å². The number of ether oxygens (including phenoxy) is 8. The number of para-hydroxylation sites is 2. The molecule has 6 rings (SSSR count). The zero-order chi connectivity index (χ0) is 43.1. The van der Waals surface area contributed by atoms with Gasteiger partial charge in [-0.15, -0.1) is 0 Å². The molecule has 12 heteroatoms. The molecule has 0 aliphatic carbocycles. The van der Waals surface area contributed by atoms with Gasteiger partial charge in [0.05, 0.1) is 14.2 Å². The Labute approximate surface area is 348 Å². The van der Waals surface area contributed by atoms with Crippen molar-refractivity contribution in [1.29, 1.82) is 0 Å². The van der Waals surface area contributed by atoms with Gasteiger partial charge in [0.15, 0.2) is 0 Å². The first-order valence-electron chi connectivity index (χ1n) is 18.6. The van der Waals surface area contributed by atoms with E-state index in [1.54, 1.807) is 97.1 Å². The average Bonchev–Trinajstić information content (AvgIpc) is 3.25.